The average Bonchev–Trinajstić information content (AvgIpc) is 3.31. The summed E-state index contributed by atoms with van der Waals surface area (Å²) < 4.78 is 5.15. The molecule has 2 unspecified atom stereocenters. The van der Waals surface area contributed by atoms with Gasteiger partial charge in [0.2, 0.25) is 17.6 Å². The molecule has 0 bridgehead atoms. The highest BCUT2D eigenvalue weighted by Crippen LogP contribution is 2.30. The Kier molecular flexibility index (Phi) is 5.14. The number of carbonyl (C=O) groups excluding carboxylic acids is 1. The van der Waals surface area contributed by atoms with E-state index < -0.39 is 6.04 Å². The highest BCUT2D eigenvalue weighted by Gasteiger charge is 2.34. The molecule has 1 saturated heterocycles. The van der Waals surface area contributed by atoms with Crippen molar-refractivity contribution in [1.29, 1.82) is 0 Å². The van der Waals surface area contributed by atoms with Crippen molar-refractivity contribution in [2.45, 2.75) is 51.6 Å². The lowest BCUT2D eigenvalue weighted by Gasteiger charge is -2.29. The Morgan fingerprint density at radius 3 is 2.79 bits per heavy atom. The van der Waals surface area contributed by atoms with Crippen molar-refractivity contribution < 1.29 is 9.32 Å². The molecule has 28 heavy (non-hydrogen) atoms. The number of tetrazole rings is 1. The summed E-state index contributed by atoms with van der Waals surface area (Å²) in [7, 11) is 0. The van der Waals surface area contributed by atoms with Crippen LogP contribution in [0.4, 0.5) is 0 Å². The van der Waals surface area contributed by atoms with E-state index in [1.54, 1.807) is 13.8 Å². The third kappa shape index (κ3) is 3.64. The maximum atomic E-state index is 13.3. The summed E-state index contributed by atoms with van der Waals surface area (Å²) in [6.45, 7) is 4.20. The van der Waals surface area contributed by atoms with Gasteiger partial charge in [0.25, 0.3) is 0 Å². The number of hydrogen-bond donors (Lipinski definition) is 0. The zero-order chi connectivity index (χ0) is 19.5. The van der Waals surface area contributed by atoms with Crippen molar-refractivity contribution in [3.05, 3.63) is 42.0 Å². The largest absolute Gasteiger partial charge is 0.340 e. The van der Waals surface area contributed by atoms with E-state index in [9.17, 15) is 4.79 Å². The van der Waals surface area contributed by atoms with Crippen molar-refractivity contribution in [3.8, 4) is 11.4 Å². The molecule has 3 aromatic rings. The lowest BCUT2D eigenvalue weighted by Crippen LogP contribution is -2.40. The molecule has 9 heteroatoms. The molecule has 3 heterocycles. The summed E-state index contributed by atoms with van der Waals surface area (Å²) in [5.74, 6) is 1.51. The van der Waals surface area contributed by atoms with Crippen LogP contribution in [0.3, 0.4) is 0 Å². The van der Waals surface area contributed by atoms with Crippen LogP contribution >= 0.6 is 0 Å². The fraction of sp³-hybridized carbons (Fsp3) is 0.474. The number of amides is 1. The Hall–Kier alpha value is -3.10. The number of aromatic nitrogens is 6. The van der Waals surface area contributed by atoms with Gasteiger partial charge in [-0.1, -0.05) is 48.3 Å². The lowest BCUT2D eigenvalue weighted by molar-refractivity contribution is -0.137. The Bertz CT molecular complexity index is 937. The standard InChI is InChI=1S/C19H23N7O2/c1-13(26-22-17(21-24-26)15-9-5-3-6-10-15)19(27)25-12-8-4-7-11-16(25)18-20-14(2)28-23-18/h3,5-6,9-10,13,16H,4,7-8,11-12H2,1-2H3. The Labute approximate surface area is 162 Å². The van der Waals surface area contributed by atoms with Crippen LogP contribution in [-0.2, 0) is 4.79 Å². The van der Waals surface area contributed by atoms with E-state index in [0.717, 1.165) is 31.2 Å². The van der Waals surface area contributed by atoms with Gasteiger partial charge in [0.1, 0.15) is 6.04 Å². The molecule has 0 N–H and O–H groups in total. The summed E-state index contributed by atoms with van der Waals surface area (Å²) in [6, 6.07) is 8.83. The quantitative estimate of drug-likeness (QED) is 0.684. The monoisotopic (exact) mass is 381 g/mol. The van der Waals surface area contributed by atoms with Gasteiger partial charge >= 0.3 is 0 Å². The van der Waals surface area contributed by atoms with Gasteiger partial charge < -0.3 is 9.42 Å². The minimum Gasteiger partial charge on any atom is -0.340 e. The van der Waals surface area contributed by atoms with Crippen molar-refractivity contribution >= 4 is 5.91 Å². The van der Waals surface area contributed by atoms with E-state index in [1.165, 1.54) is 4.80 Å². The predicted octanol–water partition coefficient (Wildman–Crippen LogP) is 2.74. The second-order valence-electron chi connectivity index (χ2n) is 7.04. The van der Waals surface area contributed by atoms with Crippen LogP contribution < -0.4 is 0 Å². The normalized spacial score (nSPS) is 18.6. The molecule has 2 atom stereocenters. The molecule has 0 spiro atoms. The highest BCUT2D eigenvalue weighted by molar-refractivity contribution is 5.80. The van der Waals surface area contributed by atoms with Gasteiger partial charge in [0, 0.05) is 19.0 Å². The lowest BCUT2D eigenvalue weighted by atomic mass is 10.1. The number of carbonyl (C=O) groups is 1. The topological polar surface area (TPSA) is 103 Å². The Morgan fingerprint density at radius 2 is 2.04 bits per heavy atom. The zero-order valence-electron chi connectivity index (χ0n) is 16.0. The van der Waals surface area contributed by atoms with Gasteiger partial charge in [-0.25, -0.2) is 0 Å². The van der Waals surface area contributed by atoms with E-state index in [-0.39, 0.29) is 11.9 Å². The van der Waals surface area contributed by atoms with Crippen LogP contribution in [0.2, 0.25) is 0 Å². The van der Waals surface area contributed by atoms with Crippen molar-refractivity contribution in [1.82, 2.24) is 35.2 Å². The van der Waals surface area contributed by atoms with Crippen LogP contribution in [0.15, 0.2) is 34.9 Å². The van der Waals surface area contributed by atoms with Gasteiger partial charge in [0.15, 0.2) is 5.82 Å². The first-order valence-electron chi connectivity index (χ1n) is 9.59. The van der Waals surface area contributed by atoms with E-state index >= 15 is 0 Å². The number of rotatable bonds is 4. The third-order valence-electron chi connectivity index (χ3n) is 5.04. The second-order valence-corrected chi connectivity index (χ2v) is 7.04. The van der Waals surface area contributed by atoms with E-state index in [1.807, 2.05) is 35.2 Å². The molecule has 146 valence electrons. The minimum atomic E-state index is -0.571. The molecule has 1 aromatic carbocycles. The van der Waals surface area contributed by atoms with Crippen LogP contribution in [0.5, 0.6) is 0 Å². The highest BCUT2D eigenvalue weighted by atomic mass is 16.5. The molecule has 1 amide bonds. The Balaban J connectivity index is 1.57. The predicted molar refractivity (Wildman–Crippen MR) is 99.9 cm³/mol. The second kappa shape index (κ2) is 7.87. The maximum Gasteiger partial charge on any atom is 0.249 e. The van der Waals surface area contributed by atoms with Crippen LogP contribution in [0.25, 0.3) is 11.4 Å². The molecule has 1 aliphatic rings. The number of hydrogen-bond acceptors (Lipinski definition) is 7. The SMILES string of the molecule is Cc1nc(C2CCCCCN2C(=O)C(C)n2nnc(-c3ccccc3)n2)no1. The fourth-order valence-electron chi connectivity index (χ4n) is 3.52. The first-order chi connectivity index (χ1) is 13.6. The van der Waals surface area contributed by atoms with E-state index in [2.05, 4.69) is 25.6 Å². The molecular weight excluding hydrogens is 358 g/mol. The van der Waals surface area contributed by atoms with Gasteiger partial charge in [-0.15, -0.1) is 10.2 Å². The first kappa shape index (κ1) is 18.3. The molecular formula is C19H23N7O2. The minimum absolute atomic E-state index is 0.0636. The van der Waals surface area contributed by atoms with Crippen LogP contribution in [0.1, 0.15) is 56.4 Å². The molecule has 2 aromatic heterocycles. The summed E-state index contributed by atoms with van der Waals surface area (Å²) in [5, 5.41) is 16.7. The number of benzene rings is 1. The molecule has 1 fully saturated rings. The first-order valence-corrected chi connectivity index (χ1v) is 9.59. The van der Waals surface area contributed by atoms with Crippen molar-refractivity contribution in [3.63, 3.8) is 0 Å². The molecule has 1 aliphatic heterocycles. The molecule has 9 nitrogen and oxygen atoms in total. The average molecular weight is 381 g/mol. The van der Waals surface area contributed by atoms with Crippen molar-refractivity contribution in [2.24, 2.45) is 0 Å². The van der Waals surface area contributed by atoms with Gasteiger partial charge in [-0.05, 0) is 25.0 Å². The van der Waals surface area contributed by atoms with Gasteiger partial charge in [-0.2, -0.15) is 9.78 Å². The van der Waals surface area contributed by atoms with Gasteiger partial charge in [0.05, 0.1) is 6.04 Å². The maximum absolute atomic E-state index is 13.3. The van der Waals surface area contributed by atoms with Crippen molar-refractivity contribution in [2.75, 3.05) is 6.54 Å². The summed E-state index contributed by atoms with van der Waals surface area (Å²) in [6.07, 6.45) is 3.87. The van der Waals surface area contributed by atoms with Crippen LogP contribution in [0, 0.1) is 6.92 Å². The number of aryl methyl sites for hydroxylation is 1. The summed E-state index contributed by atoms with van der Waals surface area (Å²) in [5.41, 5.74) is 0.864. The summed E-state index contributed by atoms with van der Waals surface area (Å²) in [4.78, 5) is 20.9. The molecule has 0 saturated carbocycles. The summed E-state index contributed by atoms with van der Waals surface area (Å²) >= 11 is 0. The molecule has 0 aliphatic carbocycles. The number of likely N-dealkylation sites (tertiary alicyclic amines) is 1. The smallest absolute Gasteiger partial charge is 0.249 e. The zero-order valence-corrected chi connectivity index (χ0v) is 16.0. The molecule has 4 rings (SSSR count). The third-order valence-corrected chi connectivity index (χ3v) is 5.04. The van der Waals surface area contributed by atoms with E-state index in [4.69, 9.17) is 4.52 Å². The Morgan fingerprint density at radius 1 is 1.21 bits per heavy atom. The van der Waals surface area contributed by atoms with E-state index in [0.29, 0.717) is 24.1 Å². The number of nitrogens with zero attached hydrogens (tertiary/aromatic N) is 7. The van der Waals surface area contributed by atoms with Gasteiger partial charge in [-0.3, -0.25) is 4.79 Å². The molecule has 0 radical (unpaired) electrons. The van der Waals surface area contributed by atoms with Crippen LogP contribution in [-0.4, -0.2) is 47.7 Å². The fourth-order valence-corrected chi connectivity index (χ4v) is 3.52.